The number of aliphatic hydroxyl groups is 1. The molecule has 0 saturated carbocycles. The SMILES string of the molecule is C=CC[C@@H](OCCCC)[C@@H]1O[C@@H]2OC(C)(C)O[C@@H]2[C@@]1(O)C=C. The minimum Gasteiger partial charge on any atom is -0.380 e. The van der Waals surface area contributed by atoms with Crippen LogP contribution >= 0.6 is 0 Å². The first-order valence-corrected chi connectivity index (χ1v) is 7.97. The summed E-state index contributed by atoms with van der Waals surface area (Å²) in [4.78, 5) is 0. The molecule has 2 aliphatic rings. The Kier molecular flexibility index (Phi) is 5.45. The highest BCUT2D eigenvalue weighted by Crippen LogP contribution is 2.45. The van der Waals surface area contributed by atoms with E-state index < -0.39 is 29.9 Å². The highest BCUT2D eigenvalue weighted by Gasteiger charge is 2.63. The maximum Gasteiger partial charge on any atom is 0.191 e. The Morgan fingerprint density at radius 3 is 2.64 bits per heavy atom. The number of hydrogen-bond donors (Lipinski definition) is 1. The molecule has 0 unspecified atom stereocenters. The summed E-state index contributed by atoms with van der Waals surface area (Å²) in [6.07, 6.45) is 3.70. The van der Waals surface area contributed by atoms with Crippen LogP contribution in [0.2, 0.25) is 0 Å². The van der Waals surface area contributed by atoms with Crippen LogP contribution in [0.25, 0.3) is 0 Å². The topological polar surface area (TPSA) is 57.2 Å². The minimum atomic E-state index is -1.35. The zero-order chi connectivity index (χ0) is 16.4. The van der Waals surface area contributed by atoms with Gasteiger partial charge in [0.25, 0.3) is 0 Å². The summed E-state index contributed by atoms with van der Waals surface area (Å²) in [5.41, 5.74) is -1.35. The molecule has 2 aliphatic heterocycles. The first kappa shape index (κ1) is 17.6. The van der Waals surface area contributed by atoms with Gasteiger partial charge in [-0.3, -0.25) is 0 Å². The average Bonchev–Trinajstić information content (AvgIpc) is 2.90. The summed E-state index contributed by atoms with van der Waals surface area (Å²) in [6, 6.07) is 0. The van der Waals surface area contributed by atoms with Crippen molar-refractivity contribution in [2.24, 2.45) is 0 Å². The monoisotopic (exact) mass is 312 g/mol. The fourth-order valence-corrected chi connectivity index (χ4v) is 3.00. The average molecular weight is 312 g/mol. The molecule has 2 heterocycles. The molecule has 5 heteroatoms. The lowest BCUT2D eigenvalue weighted by molar-refractivity contribution is -0.238. The molecule has 2 saturated heterocycles. The van der Waals surface area contributed by atoms with Gasteiger partial charge in [0.1, 0.15) is 17.8 Å². The van der Waals surface area contributed by atoms with Gasteiger partial charge in [-0.05, 0) is 26.7 Å². The van der Waals surface area contributed by atoms with Crippen molar-refractivity contribution in [1.29, 1.82) is 0 Å². The summed E-state index contributed by atoms with van der Waals surface area (Å²) in [6.45, 7) is 13.8. The fourth-order valence-electron chi connectivity index (χ4n) is 3.00. The van der Waals surface area contributed by atoms with Crippen LogP contribution in [-0.4, -0.2) is 47.7 Å². The van der Waals surface area contributed by atoms with Crippen LogP contribution in [0, 0.1) is 0 Å². The maximum absolute atomic E-state index is 11.1. The Labute approximate surface area is 132 Å². The Balaban J connectivity index is 2.15. The molecule has 22 heavy (non-hydrogen) atoms. The van der Waals surface area contributed by atoms with Crippen LogP contribution in [-0.2, 0) is 18.9 Å². The number of unbranched alkanes of at least 4 members (excludes halogenated alkanes) is 1. The molecule has 0 radical (unpaired) electrons. The van der Waals surface area contributed by atoms with Crippen LogP contribution < -0.4 is 0 Å². The summed E-state index contributed by atoms with van der Waals surface area (Å²) in [5.74, 6) is -0.783. The lowest BCUT2D eigenvalue weighted by Crippen LogP contribution is -2.52. The van der Waals surface area contributed by atoms with E-state index in [-0.39, 0.29) is 6.10 Å². The first-order chi connectivity index (χ1) is 10.4. The van der Waals surface area contributed by atoms with E-state index in [1.165, 1.54) is 6.08 Å². The van der Waals surface area contributed by atoms with Crippen LogP contribution in [0.4, 0.5) is 0 Å². The smallest absolute Gasteiger partial charge is 0.191 e. The molecule has 0 spiro atoms. The second kappa shape index (κ2) is 6.81. The zero-order valence-corrected chi connectivity index (χ0v) is 13.8. The van der Waals surface area contributed by atoms with Crippen molar-refractivity contribution in [3.8, 4) is 0 Å². The van der Waals surface area contributed by atoms with Gasteiger partial charge in [-0.25, -0.2) is 0 Å². The van der Waals surface area contributed by atoms with E-state index in [1.54, 1.807) is 19.9 Å². The van der Waals surface area contributed by atoms with E-state index in [0.717, 1.165) is 12.8 Å². The zero-order valence-electron chi connectivity index (χ0n) is 13.8. The van der Waals surface area contributed by atoms with Gasteiger partial charge in [0.2, 0.25) is 0 Å². The number of fused-ring (bicyclic) bond motifs is 1. The molecule has 0 aromatic heterocycles. The molecule has 2 fully saturated rings. The predicted octanol–water partition coefficient (Wildman–Crippen LogP) is 2.54. The quantitative estimate of drug-likeness (QED) is 0.551. The van der Waals surface area contributed by atoms with E-state index in [0.29, 0.717) is 13.0 Å². The second-order valence-corrected chi connectivity index (χ2v) is 6.36. The van der Waals surface area contributed by atoms with E-state index >= 15 is 0 Å². The van der Waals surface area contributed by atoms with E-state index in [4.69, 9.17) is 18.9 Å². The van der Waals surface area contributed by atoms with Crippen LogP contribution in [0.3, 0.4) is 0 Å². The van der Waals surface area contributed by atoms with Crippen molar-refractivity contribution in [2.45, 2.75) is 76.0 Å². The number of ether oxygens (including phenoxy) is 4. The van der Waals surface area contributed by atoms with Gasteiger partial charge in [0.05, 0.1) is 6.10 Å². The summed E-state index contributed by atoms with van der Waals surface area (Å²) < 4.78 is 23.4. The maximum atomic E-state index is 11.1. The third kappa shape index (κ3) is 3.29. The van der Waals surface area contributed by atoms with Crippen molar-refractivity contribution in [2.75, 3.05) is 6.61 Å². The van der Waals surface area contributed by atoms with Crippen LogP contribution in [0.1, 0.15) is 40.0 Å². The van der Waals surface area contributed by atoms with Gasteiger partial charge >= 0.3 is 0 Å². The lowest BCUT2D eigenvalue weighted by atomic mass is 9.88. The normalized spacial score (nSPS) is 37.7. The van der Waals surface area contributed by atoms with Gasteiger partial charge in [-0.15, -0.1) is 13.2 Å². The van der Waals surface area contributed by atoms with Crippen LogP contribution in [0.5, 0.6) is 0 Å². The Hall–Kier alpha value is -0.720. The number of rotatable bonds is 8. The summed E-state index contributed by atoms with van der Waals surface area (Å²) >= 11 is 0. The van der Waals surface area contributed by atoms with Crippen molar-refractivity contribution in [3.63, 3.8) is 0 Å². The molecule has 0 bridgehead atoms. The minimum absolute atomic E-state index is 0.312. The molecule has 0 aliphatic carbocycles. The molecular weight excluding hydrogens is 284 g/mol. The van der Waals surface area contributed by atoms with Crippen molar-refractivity contribution in [3.05, 3.63) is 25.3 Å². The van der Waals surface area contributed by atoms with Gasteiger partial charge < -0.3 is 24.1 Å². The lowest BCUT2D eigenvalue weighted by Gasteiger charge is -2.35. The summed E-state index contributed by atoms with van der Waals surface area (Å²) in [7, 11) is 0. The third-order valence-corrected chi connectivity index (χ3v) is 4.14. The highest BCUT2D eigenvalue weighted by molar-refractivity contribution is 5.16. The third-order valence-electron chi connectivity index (χ3n) is 4.14. The molecule has 0 aromatic carbocycles. The van der Waals surface area contributed by atoms with Gasteiger partial charge in [-0.2, -0.15) is 0 Å². The molecule has 1 N–H and O–H groups in total. The summed E-state index contributed by atoms with van der Waals surface area (Å²) in [5, 5.41) is 11.1. The van der Waals surface area contributed by atoms with Crippen molar-refractivity contribution in [1.82, 2.24) is 0 Å². The highest BCUT2D eigenvalue weighted by atomic mass is 16.8. The molecule has 2 rings (SSSR count). The molecule has 5 atom stereocenters. The predicted molar refractivity (Wildman–Crippen MR) is 83.3 cm³/mol. The molecule has 126 valence electrons. The molecule has 0 amide bonds. The van der Waals surface area contributed by atoms with E-state index in [2.05, 4.69) is 20.1 Å². The van der Waals surface area contributed by atoms with Crippen LogP contribution in [0.15, 0.2) is 25.3 Å². The van der Waals surface area contributed by atoms with Crippen molar-refractivity contribution < 1.29 is 24.1 Å². The largest absolute Gasteiger partial charge is 0.380 e. The second-order valence-electron chi connectivity index (χ2n) is 6.36. The van der Waals surface area contributed by atoms with Crippen molar-refractivity contribution >= 4 is 0 Å². The van der Waals surface area contributed by atoms with Gasteiger partial charge in [0.15, 0.2) is 12.1 Å². The Bertz CT molecular complexity index is 408. The Morgan fingerprint density at radius 1 is 1.32 bits per heavy atom. The molecule has 0 aromatic rings. The Morgan fingerprint density at radius 2 is 2.05 bits per heavy atom. The van der Waals surface area contributed by atoms with E-state index in [1.807, 2.05) is 0 Å². The fraction of sp³-hybridized carbons (Fsp3) is 0.765. The van der Waals surface area contributed by atoms with E-state index in [9.17, 15) is 5.11 Å². The molecule has 5 nitrogen and oxygen atoms in total. The number of hydrogen-bond acceptors (Lipinski definition) is 5. The van der Waals surface area contributed by atoms with Gasteiger partial charge in [0, 0.05) is 6.61 Å². The first-order valence-electron chi connectivity index (χ1n) is 7.97. The molecular formula is C17H28O5. The standard InChI is InChI=1S/C17H28O5/c1-6-9-11-19-12(10-7-2)13-17(18,8-3)14-15(20-13)22-16(4,5)21-14/h7-8,12-15,18H,2-3,6,9-11H2,1,4-5H3/t12-,13+,14+,15-,17-/m1/s1. The van der Waals surface area contributed by atoms with Gasteiger partial charge in [-0.1, -0.05) is 25.5 Å².